The first kappa shape index (κ1) is 12.2. The molecule has 3 nitrogen and oxygen atoms in total. The Morgan fingerprint density at radius 2 is 2.14 bits per heavy atom. The zero-order valence-electron chi connectivity index (χ0n) is 7.27. The monoisotopic (exact) mass is 209 g/mol. The van der Waals surface area contributed by atoms with Gasteiger partial charge in [-0.25, -0.2) is 4.79 Å². The van der Waals surface area contributed by atoms with Crippen molar-refractivity contribution in [1.82, 2.24) is 0 Å². The van der Waals surface area contributed by atoms with E-state index in [1.807, 2.05) is 6.07 Å². The molecule has 0 heterocycles. The van der Waals surface area contributed by atoms with Crippen molar-refractivity contribution in [3.8, 4) is 11.8 Å². The summed E-state index contributed by atoms with van der Waals surface area (Å²) in [5, 5.41) is 8.64. The molecule has 0 N–H and O–H groups in total. The number of rotatable bonds is 2. The van der Waals surface area contributed by atoms with Crippen molar-refractivity contribution < 1.29 is 9.53 Å². The van der Waals surface area contributed by atoms with Crippen LogP contribution < -0.4 is 4.74 Å². The number of ether oxygens (including phenoxy) is 1. The molecule has 1 aromatic rings. The molecule has 14 heavy (non-hydrogen) atoms. The first-order valence-corrected chi connectivity index (χ1v) is 3.61. The van der Waals surface area contributed by atoms with E-state index < -0.39 is 5.97 Å². The molecule has 1 aromatic carbocycles. The van der Waals surface area contributed by atoms with Gasteiger partial charge < -0.3 is 4.74 Å². The summed E-state index contributed by atoms with van der Waals surface area (Å²) in [7, 11) is 0. The highest BCUT2D eigenvalue weighted by Crippen LogP contribution is 2.16. The molecule has 0 saturated heterocycles. The highest BCUT2D eigenvalue weighted by molar-refractivity contribution is 5.85. The number of carbonyl (C=O) groups is 1. The molecule has 0 unspecified atom stereocenters. The molecule has 0 fully saturated rings. The van der Waals surface area contributed by atoms with E-state index in [1.54, 1.807) is 24.3 Å². The summed E-state index contributed by atoms with van der Waals surface area (Å²) in [6, 6.07) is 8.43. The van der Waals surface area contributed by atoms with Crippen LogP contribution in [0.3, 0.4) is 0 Å². The number of benzene rings is 1. The van der Waals surface area contributed by atoms with Crippen LogP contribution in [0.2, 0.25) is 0 Å². The summed E-state index contributed by atoms with van der Waals surface area (Å²) in [5.41, 5.74) is 0.331. The molecule has 1 rings (SSSR count). The molecule has 0 aliphatic heterocycles. The minimum absolute atomic E-state index is 0. The van der Waals surface area contributed by atoms with Gasteiger partial charge >= 0.3 is 5.97 Å². The molecule has 0 bridgehead atoms. The first-order chi connectivity index (χ1) is 6.27. The summed E-state index contributed by atoms with van der Waals surface area (Å²) >= 11 is 0. The fourth-order valence-corrected chi connectivity index (χ4v) is 0.798. The highest BCUT2D eigenvalue weighted by atomic mass is 35.5. The van der Waals surface area contributed by atoms with Gasteiger partial charge in [-0.3, -0.25) is 0 Å². The molecule has 0 radical (unpaired) electrons. The van der Waals surface area contributed by atoms with Gasteiger partial charge in [0.25, 0.3) is 0 Å². The van der Waals surface area contributed by atoms with Gasteiger partial charge in [0.2, 0.25) is 0 Å². The Balaban J connectivity index is 0.00000169. The van der Waals surface area contributed by atoms with E-state index in [0.717, 1.165) is 6.08 Å². The van der Waals surface area contributed by atoms with E-state index in [4.69, 9.17) is 10.00 Å². The number of hydrogen-bond acceptors (Lipinski definition) is 3. The van der Waals surface area contributed by atoms with Crippen LogP contribution in [0.1, 0.15) is 5.56 Å². The Labute approximate surface area is 88.0 Å². The average molecular weight is 210 g/mol. The Morgan fingerprint density at radius 1 is 1.50 bits per heavy atom. The smallest absolute Gasteiger partial charge is 0.335 e. The van der Waals surface area contributed by atoms with Gasteiger partial charge in [-0.2, -0.15) is 5.26 Å². The van der Waals surface area contributed by atoms with Crippen molar-refractivity contribution in [3.05, 3.63) is 42.5 Å². The normalized spacial score (nSPS) is 7.93. The Kier molecular flexibility index (Phi) is 5.05. The number of carbonyl (C=O) groups excluding carboxylic acids is 1. The molecule has 0 aliphatic carbocycles. The maximum atomic E-state index is 10.8. The topological polar surface area (TPSA) is 50.1 Å². The van der Waals surface area contributed by atoms with Crippen molar-refractivity contribution in [3.63, 3.8) is 0 Å². The highest BCUT2D eigenvalue weighted by Gasteiger charge is 2.04. The Bertz CT molecular complexity index is 382. The summed E-state index contributed by atoms with van der Waals surface area (Å²) in [6.07, 6.45) is 1.05. The number of hydrogen-bond donors (Lipinski definition) is 0. The number of nitriles is 1. The molecular formula is C10H8ClNO2. The van der Waals surface area contributed by atoms with E-state index in [9.17, 15) is 4.79 Å². The van der Waals surface area contributed by atoms with Gasteiger partial charge in [-0.15, -0.1) is 12.4 Å². The summed E-state index contributed by atoms with van der Waals surface area (Å²) in [4.78, 5) is 10.8. The minimum atomic E-state index is -0.567. The van der Waals surface area contributed by atoms with Crippen LogP contribution in [-0.2, 0) is 4.79 Å². The number of para-hydroxylation sites is 1. The van der Waals surface area contributed by atoms with Crippen LogP contribution in [0.15, 0.2) is 36.9 Å². The average Bonchev–Trinajstić information content (AvgIpc) is 2.18. The van der Waals surface area contributed by atoms with Crippen molar-refractivity contribution in [1.29, 1.82) is 5.26 Å². The first-order valence-electron chi connectivity index (χ1n) is 3.61. The quantitative estimate of drug-likeness (QED) is 0.426. The van der Waals surface area contributed by atoms with Gasteiger partial charge in [0.15, 0.2) is 0 Å². The van der Waals surface area contributed by atoms with Crippen molar-refractivity contribution in [2.75, 3.05) is 0 Å². The maximum Gasteiger partial charge on any atom is 0.335 e. The van der Waals surface area contributed by atoms with Gasteiger partial charge in [-0.05, 0) is 12.1 Å². The van der Waals surface area contributed by atoms with E-state index in [2.05, 4.69) is 6.58 Å². The van der Waals surface area contributed by atoms with Gasteiger partial charge in [0.05, 0.1) is 5.56 Å². The summed E-state index contributed by atoms with van der Waals surface area (Å²) in [5.74, 6) is -0.308. The molecule has 0 aliphatic rings. The number of esters is 1. The van der Waals surface area contributed by atoms with Gasteiger partial charge in [0.1, 0.15) is 11.8 Å². The fourth-order valence-electron chi connectivity index (χ4n) is 0.798. The van der Waals surface area contributed by atoms with Crippen molar-refractivity contribution >= 4 is 18.4 Å². The molecule has 0 spiro atoms. The predicted octanol–water partition coefficient (Wildman–Crippen LogP) is 2.07. The van der Waals surface area contributed by atoms with E-state index in [1.165, 1.54) is 0 Å². The zero-order valence-corrected chi connectivity index (χ0v) is 8.08. The third-order valence-corrected chi connectivity index (χ3v) is 1.38. The Hall–Kier alpha value is -1.79. The molecular weight excluding hydrogens is 202 g/mol. The van der Waals surface area contributed by atoms with Crippen molar-refractivity contribution in [2.45, 2.75) is 0 Å². The van der Waals surface area contributed by atoms with Gasteiger partial charge in [-0.1, -0.05) is 18.7 Å². The maximum absolute atomic E-state index is 10.8. The van der Waals surface area contributed by atoms with E-state index in [-0.39, 0.29) is 18.2 Å². The zero-order chi connectivity index (χ0) is 9.68. The van der Waals surface area contributed by atoms with E-state index in [0.29, 0.717) is 5.56 Å². The second-order valence-electron chi connectivity index (χ2n) is 2.23. The summed E-state index contributed by atoms with van der Waals surface area (Å²) in [6.45, 7) is 3.25. The number of halogens is 1. The third kappa shape index (κ3) is 2.92. The summed E-state index contributed by atoms with van der Waals surface area (Å²) < 4.78 is 4.81. The molecule has 72 valence electrons. The molecule has 0 amide bonds. The standard InChI is InChI=1S/C10H7NO2.ClH/c1-2-10(12)13-9-6-4-3-5-8(9)7-11;/h2-6H,1H2;1H. The lowest BCUT2D eigenvalue weighted by atomic mass is 10.2. The lowest BCUT2D eigenvalue weighted by Gasteiger charge is -2.01. The number of nitrogens with zero attached hydrogens (tertiary/aromatic N) is 1. The fraction of sp³-hybridized carbons (Fsp3) is 0. The molecule has 0 aromatic heterocycles. The largest absolute Gasteiger partial charge is 0.422 e. The van der Waals surface area contributed by atoms with Crippen LogP contribution in [0, 0.1) is 11.3 Å². The lowest BCUT2D eigenvalue weighted by Crippen LogP contribution is -2.04. The molecule has 0 atom stereocenters. The SMILES string of the molecule is C=CC(=O)Oc1ccccc1C#N.Cl. The van der Waals surface area contributed by atoms with Gasteiger partial charge in [0, 0.05) is 6.08 Å². The Morgan fingerprint density at radius 3 is 2.71 bits per heavy atom. The molecule has 4 heteroatoms. The third-order valence-electron chi connectivity index (χ3n) is 1.38. The van der Waals surface area contributed by atoms with Crippen LogP contribution >= 0.6 is 12.4 Å². The molecule has 0 saturated carbocycles. The lowest BCUT2D eigenvalue weighted by molar-refractivity contribution is -0.128. The second-order valence-corrected chi connectivity index (χ2v) is 2.23. The minimum Gasteiger partial charge on any atom is -0.422 e. The predicted molar refractivity (Wildman–Crippen MR) is 54.2 cm³/mol. The van der Waals surface area contributed by atoms with Crippen LogP contribution in [0.4, 0.5) is 0 Å². The van der Waals surface area contributed by atoms with E-state index >= 15 is 0 Å². The second kappa shape index (κ2) is 5.79. The van der Waals surface area contributed by atoms with Crippen LogP contribution in [0.5, 0.6) is 5.75 Å². The van der Waals surface area contributed by atoms with Crippen LogP contribution in [-0.4, -0.2) is 5.97 Å². The van der Waals surface area contributed by atoms with Crippen molar-refractivity contribution in [2.24, 2.45) is 0 Å². The van der Waals surface area contributed by atoms with Crippen LogP contribution in [0.25, 0.3) is 0 Å².